The van der Waals surface area contributed by atoms with Crippen LogP contribution in [0.1, 0.15) is 19.8 Å². The molecule has 1 atom stereocenters. The summed E-state index contributed by atoms with van der Waals surface area (Å²) in [5, 5.41) is 11.8. The number of nitrogens with zero attached hydrogens (tertiary/aromatic N) is 1. The van der Waals surface area contributed by atoms with Gasteiger partial charge in [-0.1, -0.05) is 0 Å². The average molecular weight is 345 g/mol. The molecule has 0 bridgehead atoms. The van der Waals surface area contributed by atoms with Crippen LogP contribution in [-0.2, 0) is 4.79 Å². The van der Waals surface area contributed by atoms with Gasteiger partial charge in [-0.2, -0.15) is 0 Å². The standard InChI is InChI=1S/C13H14BrFN2O3/c1-13(11(18)19)5-2-6-17(13)12(20)16-8-3-4-10(15)9(14)7-8/h3-4,7H,2,5-6H2,1H3,(H,16,20)(H,18,19). The number of carbonyl (C=O) groups is 2. The molecule has 20 heavy (non-hydrogen) atoms. The Morgan fingerprint density at radius 2 is 2.20 bits per heavy atom. The normalized spacial score (nSPS) is 21.9. The number of carboxylic acids is 1. The quantitative estimate of drug-likeness (QED) is 0.866. The summed E-state index contributed by atoms with van der Waals surface area (Å²) in [7, 11) is 0. The molecule has 1 unspecified atom stereocenters. The van der Waals surface area contributed by atoms with Crippen molar-refractivity contribution in [2.75, 3.05) is 11.9 Å². The van der Waals surface area contributed by atoms with Gasteiger partial charge >= 0.3 is 12.0 Å². The zero-order valence-corrected chi connectivity index (χ0v) is 12.4. The van der Waals surface area contributed by atoms with E-state index in [0.29, 0.717) is 25.1 Å². The number of hydrogen-bond acceptors (Lipinski definition) is 2. The maximum absolute atomic E-state index is 13.1. The number of carbonyl (C=O) groups excluding carboxylic acids is 1. The minimum Gasteiger partial charge on any atom is -0.480 e. The SMILES string of the molecule is CC1(C(=O)O)CCCN1C(=O)Nc1ccc(F)c(Br)c1. The van der Waals surface area contributed by atoms with Gasteiger partial charge in [-0.15, -0.1) is 0 Å². The maximum Gasteiger partial charge on any atom is 0.329 e. The first-order valence-electron chi connectivity index (χ1n) is 6.11. The minimum atomic E-state index is -1.19. The molecule has 7 heteroatoms. The second-order valence-corrected chi connectivity index (χ2v) is 5.75. The smallest absolute Gasteiger partial charge is 0.329 e. The van der Waals surface area contributed by atoms with Crippen molar-refractivity contribution in [3.05, 3.63) is 28.5 Å². The molecule has 1 aliphatic rings. The number of nitrogens with one attached hydrogen (secondary N) is 1. The van der Waals surface area contributed by atoms with Gasteiger partial charge in [-0.3, -0.25) is 0 Å². The number of rotatable bonds is 2. The Labute approximate surface area is 123 Å². The summed E-state index contributed by atoms with van der Waals surface area (Å²) < 4.78 is 13.4. The zero-order chi connectivity index (χ0) is 14.9. The van der Waals surface area contributed by atoms with E-state index in [4.69, 9.17) is 0 Å². The number of aliphatic carboxylic acids is 1. The highest BCUT2D eigenvalue weighted by Crippen LogP contribution is 2.30. The molecule has 1 aromatic carbocycles. The second kappa shape index (κ2) is 5.40. The molecule has 0 spiro atoms. The van der Waals surface area contributed by atoms with E-state index in [-0.39, 0.29) is 4.47 Å². The van der Waals surface area contributed by atoms with E-state index in [1.54, 1.807) is 0 Å². The van der Waals surface area contributed by atoms with Crippen molar-refractivity contribution in [1.29, 1.82) is 0 Å². The predicted octanol–water partition coefficient (Wildman–Crippen LogP) is 3.06. The molecule has 1 fully saturated rings. The van der Waals surface area contributed by atoms with E-state index in [2.05, 4.69) is 21.2 Å². The van der Waals surface area contributed by atoms with Crippen LogP contribution >= 0.6 is 15.9 Å². The van der Waals surface area contributed by atoms with Crippen LogP contribution in [0, 0.1) is 5.82 Å². The van der Waals surface area contributed by atoms with Crippen molar-refractivity contribution in [3.63, 3.8) is 0 Å². The molecule has 1 heterocycles. The van der Waals surface area contributed by atoms with Gasteiger partial charge < -0.3 is 15.3 Å². The zero-order valence-electron chi connectivity index (χ0n) is 10.8. The van der Waals surface area contributed by atoms with Crippen molar-refractivity contribution >= 4 is 33.6 Å². The number of anilines is 1. The van der Waals surface area contributed by atoms with Crippen LogP contribution in [-0.4, -0.2) is 34.1 Å². The molecule has 0 saturated carbocycles. The molecular formula is C13H14BrFN2O3. The van der Waals surface area contributed by atoms with Crippen LogP contribution in [0.2, 0.25) is 0 Å². The van der Waals surface area contributed by atoms with E-state index in [0.717, 1.165) is 0 Å². The molecule has 1 saturated heterocycles. The third-order valence-corrected chi connectivity index (χ3v) is 4.13. The molecule has 2 N–H and O–H groups in total. The fourth-order valence-corrected chi connectivity index (χ4v) is 2.65. The maximum atomic E-state index is 13.1. The van der Waals surface area contributed by atoms with Gasteiger partial charge in [0, 0.05) is 12.2 Å². The fourth-order valence-electron chi connectivity index (χ4n) is 2.28. The highest BCUT2D eigenvalue weighted by molar-refractivity contribution is 9.10. The van der Waals surface area contributed by atoms with E-state index >= 15 is 0 Å². The number of likely N-dealkylation sites (tertiary alicyclic amines) is 1. The first kappa shape index (κ1) is 14.8. The molecule has 2 amide bonds. The fraction of sp³-hybridized carbons (Fsp3) is 0.385. The summed E-state index contributed by atoms with van der Waals surface area (Å²) in [5.74, 6) is -1.45. The summed E-state index contributed by atoms with van der Waals surface area (Å²) in [6, 6.07) is 3.58. The number of amides is 2. The summed E-state index contributed by atoms with van der Waals surface area (Å²) >= 11 is 3.03. The summed E-state index contributed by atoms with van der Waals surface area (Å²) in [6.45, 7) is 1.92. The van der Waals surface area contributed by atoms with Crippen molar-refractivity contribution in [2.24, 2.45) is 0 Å². The largest absolute Gasteiger partial charge is 0.480 e. The number of benzene rings is 1. The second-order valence-electron chi connectivity index (χ2n) is 4.89. The van der Waals surface area contributed by atoms with Gasteiger partial charge in [0.05, 0.1) is 4.47 Å². The summed E-state index contributed by atoms with van der Waals surface area (Å²) in [4.78, 5) is 24.8. The third kappa shape index (κ3) is 2.63. The molecule has 5 nitrogen and oxygen atoms in total. The van der Waals surface area contributed by atoms with Gasteiger partial charge in [0.25, 0.3) is 0 Å². The number of urea groups is 1. The van der Waals surface area contributed by atoms with Crippen molar-refractivity contribution in [1.82, 2.24) is 4.90 Å². The first-order chi connectivity index (χ1) is 9.34. The Bertz CT molecular complexity index is 567. The highest BCUT2D eigenvalue weighted by atomic mass is 79.9. The molecular weight excluding hydrogens is 331 g/mol. The van der Waals surface area contributed by atoms with Gasteiger partial charge in [-0.25, -0.2) is 14.0 Å². The Hall–Kier alpha value is -1.63. The summed E-state index contributed by atoms with van der Waals surface area (Å²) in [5.41, 5.74) is -0.788. The average Bonchev–Trinajstić information content (AvgIpc) is 2.77. The Kier molecular flexibility index (Phi) is 3.99. The molecule has 1 aromatic rings. The lowest BCUT2D eigenvalue weighted by Gasteiger charge is -2.31. The highest BCUT2D eigenvalue weighted by Gasteiger charge is 2.46. The lowest BCUT2D eigenvalue weighted by molar-refractivity contribution is -0.146. The van der Waals surface area contributed by atoms with E-state index in [1.807, 2.05) is 0 Å². The lowest BCUT2D eigenvalue weighted by Crippen LogP contribution is -2.52. The van der Waals surface area contributed by atoms with Crippen molar-refractivity contribution in [3.8, 4) is 0 Å². The monoisotopic (exact) mass is 344 g/mol. The van der Waals surface area contributed by atoms with Crippen LogP contribution in [0.3, 0.4) is 0 Å². The lowest BCUT2D eigenvalue weighted by atomic mass is 10.00. The predicted molar refractivity (Wildman–Crippen MR) is 75.1 cm³/mol. The molecule has 108 valence electrons. The number of carboxylic acid groups (broad SMARTS) is 1. The van der Waals surface area contributed by atoms with Crippen LogP contribution in [0.5, 0.6) is 0 Å². The van der Waals surface area contributed by atoms with Crippen LogP contribution < -0.4 is 5.32 Å². The van der Waals surface area contributed by atoms with Crippen molar-refractivity contribution in [2.45, 2.75) is 25.3 Å². The van der Waals surface area contributed by atoms with E-state index in [9.17, 15) is 19.1 Å². The molecule has 0 radical (unpaired) electrons. The van der Waals surface area contributed by atoms with Crippen LogP contribution in [0.25, 0.3) is 0 Å². The van der Waals surface area contributed by atoms with Gasteiger partial charge in [-0.05, 0) is 53.9 Å². The minimum absolute atomic E-state index is 0.234. The molecule has 1 aliphatic heterocycles. The van der Waals surface area contributed by atoms with E-state index in [1.165, 1.54) is 30.0 Å². The third-order valence-electron chi connectivity index (χ3n) is 3.52. The topological polar surface area (TPSA) is 69.6 Å². The molecule has 2 rings (SSSR count). The van der Waals surface area contributed by atoms with Gasteiger partial charge in [0.1, 0.15) is 11.4 Å². The Balaban J connectivity index is 2.15. The van der Waals surface area contributed by atoms with Crippen LogP contribution in [0.4, 0.5) is 14.9 Å². The number of halogens is 2. The molecule has 0 aromatic heterocycles. The van der Waals surface area contributed by atoms with Gasteiger partial charge in [0.15, 0.2) is 0 Å². The Morgan fingerprint density at radius 1 is 1.50 bits per heavy atom. The van der Waals surface area contributed by atoms with Crippen LogP contribution in [0.15, 0.2) is 22.7 Å². The first-order valence-corrected chi connectivity index (χ1v) is 6.91. The Morgan fingerprint density at radius 3 is 2.80 bits per heavy atom. The van der Waals surface area contributed by atoms with Crippen molar-refractivity contribution < 1.29 is 19.1 Å². The van der Waals surface area contributed by atoms with Gasteiger partial charge in [0.2, 0.25) is 0 Å². The van der Waals surface area contributed by atoms with E-state index < -0.39 is 23.4 Å². The molecule has 0 aliphatic carbocycles. The number of hydrogen-bond donors (Lipinski definition) is 2. The summed E-state index contributed by atoms with van der Waals surface area (Å²) in [6.07, 6.45) is 1.06.